The number of piperazine rings is 1. The zero-order chi connectivity index (χ0) is 23.6. The standard InChI is InChI=1S/C24H29N5O3S/c1-18-23(19(2)29(26-18)21-9-5-4-6-10-21)17-25-24(30)20-8-7-11-22(16-20)33(31,32)28-14-12-27(3)13-15-28/h4-11,16H,12-15,17H2,1-3H3,(H,25,30). The van der Waals surface area contributed by atoms with Crippen LogP contribution in [-0.2, 0) is 16.6 Å². The molecule has 0 aliphatic carbocycles. The van der Waals surface area contributed by atoms with Gasteiger partial charge in [0, 0.05) is 49.5 Å². The van der Waals surface area contributed by atoms with Crippen molar-refractivity contribution in [1.29, 1.82) is 0 Å². The van der Waals surface area contributed by atoms with E-state index in [0.717, 1.165) is 22.6 Å². The first-order valence-electron chi connectivity index (χ1n) is 10.9. The first kappa shape index (κ1) is 23.2. The number of para-hydroxylation sites is 1. The number of benzene rings is 2. The van der Waals surface area contributed by atoms with E-state index in [1.165, 1.54) is 10.4 Å². The van der Waals surface area contributed by atoms with E-state index < -0.39 is 10.0 Å². The normalized spacial score (nSPS) is 15.5. The highest BCUT2D eigenvalue weighted by Gasteiger charge is 2.28. The molecule has 1 aliphatic heterocycles. The molecule has 0 unspecified atom stereocenters. The number of hydrogen-bond acceptors (Lipinski definition) is 5. The summed E-state index contributed by atoms with van der Waals surface area (Å²) in [6.07, 6.45) is 0. The molecule has 9 heteroatoms. The van der Waals surface area contributed by atoms with Gasteiger partial charge in [0.2, 0.25) is 10.0 Å². The minimum Gasteiger partial charge on any atom is -0.348 e. The summed E-state index contributed by atoms with van der Waals surface area (Å²) in [6, 6.07) is 16.1. The highest BCUT2D eigenvalue weighted by molar-refractivity contribution is 7.89. The topological polar surface area (TPSA) is 87.5 Å². The van der Waals surface area contributed by atoms with Crippen molar-refractivity contribution in [3.8, 4) is 5.69 Å². The van der Waals surface area contributed by atoms with Gasteiger partial charge in [-0.25, -0.2) is 13.1 Å². The summed E-state index contributed by atoms with van der Waals surface area (Å²) in [5, 5.41) is 7.53. The van der Waals surface area contributed by atoms with Crippen LogP contribution in [0.15, 0.2) is 59.5 Å². The van der Waals surface area contributed by atoms with Crippen molar-refractivity contribution >= 4 is 15.9 Å². The van der Waals surface area contributed by atoms with E-state index in [9.17, 15) is 13.2 Å². The van der Waals surface area contributed by atoms with Crippen molar-refractivity contribution in [2.45, 2.75) is 25.3 Å². The molecule has 1 amide bonds. The lowest BCUT2D eigenvalue weighted by Gasteiger charge is -2.31. The molecule has 4 rings (SSSR count). The average molecular weight is 468 g/mol. The first-order chi connectivity index (χ1) is 15.8. The fourth-order valence-corrected chi connectivity index (χ4v) is 5.47. The van der Waals surface area contributed by atoms with Gasteiger partial charge in [0.15, 0.2) is 0 Å². The number of nitrogens with one attached hydrogen (secondary N) is 1. The molecule has 1 fully saturated rings. The Balaban J connectivity index is 1.49. The summed E-state index contributed by atoms with van der Waals surface area (Å²) in [6.45, 7) is 6.45. The average Bonchev–Trinajstić information content (AvgIpc) is 3.11. The molecule has 0 saturated carbocycles. The van der Waals surface area contributed by atoms with Gasteiger partial charge in [-0.1, -0.05) is 24.3 Å². The van der Waals surface area contributed by atoms with Crippen molar-refractivity contribution in [1.82, 2.24) is 24.3 Å². The van der Waals surface area contributed by atoms with Crippen LogP contribution >= 0.6 is 0 Å². The van der Waals surface area contributed by atoms with E-state index in [2.05, 4.69) is 15.3 Å². The second-order valence-electron chi connectivity index (χ2n) is 8.31. The van der Waals surface area contributed by atoms with Gasteiger partial charge in [-0.3, -0.25) is 4.79 Å². The molecule has 0 spiro atoms. The number of amides is 1. The smallest absolute Gasteiger partial charge is 0.251 e. The Hall–Kier alpha value is -3.01. The number of sulfonamides is 1. The molecular weight excluding hydrogens is 438 g/mol. The number of carbonyl (C=O) groups is 1. The monoisotopic (exact) mass is 467 g/mol. The zero-order valence-corrected chi connectivity index (χ0v) is 20.0. The Labute approximate surface area is 194 Å². The van der Waals surface area contributed by atoms with Gasteiger partial charge in [-0.2, -0.15) is 9.40 Å². The van der Waals surface area contributed by atoms with Gasteiger partial charge in [0.1, 0.15) is 0 Å². The van der Waals surface area contributed by atoms with Crippen LogP contribution in [0.4, 0.5) is 0 Å². The maximum atomic E-state index is 13.0. The quantitative estimate of drug-likeness (QED) is 0.601. The summed E-state index contributed by atoms with van der Waals surface area (Å²) in [5.74, 6) is -0.323. The Kier molecular flexibility index (Phi) is 6.64. The van der Waals surface area contributed by atoms with Crippen LogP contribution < -0.4 is 5.32 Å². The Morgan fingerprint density at radius 2 is 1.70 bits per heavy atom. The molecule has 1 saturated heterocycles. The Morgan fingerprint density at radius 3 is 2.39 bits per heavy atom. The maximum absolute atomic E-state index is 13.0. The second kappa shape index (κ2) is 9.46. The molecule has 0 bridgehead atoms. The van der Waals surface area contributed by atoms with Crippen molar-refractivity contribution in [2.75, 3.05) is 33.2 Å². The number of likely N-dealkylation sites (N-methyl/N-ethyl adjacent to an activating group) is 1. The van der Waals surface area contributed by atoms with Crippen molar-refractivity contribution < 1.29 is 13.2 Å². The zero-order valence-electron chi connectivity index (χ0n) is 19.2. The van der Waals surface area contributed by atoms with E-state index in [1.54, 1.807) is 18.2 Å². The van der Waals surface area contributed by atoms with Gasteiger partial charge in [-0.15, -0.1) is 0 Å². The summed E-state index contributed by atoms with van der Waals surface area (Å²) in [7, 11) is -1.66. The molecule has 1 aromatic heterocycles. The van der Waals surface area contributed by atoms with Crippen molar-refractivity contribution in [3.05, 3.63) is 77.1 Å². The molecule has 1 N–H and O–H groups in total. The molecule has 2 heterocycles. The lowest BCUT2D eigenvalue weighted by Crippen LogP contribution is -2.47. The summed E-state index contributed by atoms with van der Waals surface area (Å²) >= 11 is 0. The van der Waals surface area contributed by atoms with Gasteiger partial charge < -0.3 is 10.2 Å². The van der Waals surface area contributed by atoms with E-state index >= 15 is 0 Å². The van der Waals surface area contributed by atoms with E-state index in [0.29, 0.717) is 38.3 Å². The molecule has 8 nitrogen and oxygen atoms in total. The van der Waals surface area contributed by atoms with Gasteiger partial charge in [0.25, 0.3) is 5.91 Å². The molecule has 0 atom stereocenters. The van der Waals surface area contributed by atoms with Crippen molar-refractivity contribution in [3.63, 3.8) is 0 Å². The molecule has 174 valence electrons. The Bertz CT molecular complexity index is 1250. The number of nitrogens with zero attached hydrogens (tertiary/aromatic N) is 4. The minimum absolute atomic E-state index is 0.143. The Morgan fingerprint density at radius 1 is 1.00 bits per heavy atom. The third-order valence-electron chi connectivity index (χ3n) is 6.06. The predicted octanol–water partition coefficient (Wildman–Crippen LogP) is 2.36. The van der Waals surface area contributed by atoms with Gasteiger partial charge in [-0.05, 0) is 51.2 Å². The summed E-state index contributed by atoms with van der Waals surface area (Å²) in [4.78, 5) is 15.1. The summed E-state index contributed by atoms with van der Waals surface area (Å²) in [5.41, 5.74) is 4.00. The lowest BCUT2D eigenvalue weighted by atomic mass is 10.1. The van der Waals surface area contributed by atoms with E-state index in [-0.39, 0.29) is 10.8 Å². The van der Waals surface area contributed by atoms with Crippen molar-refractivity contribution in [2.24, 2.45) is 0 Å². The predicted molar refractivity (Wildman–Crippen MR) is 127 cm³/mol. The SMILES string of the molecule is Cc1nn(-c2ccccc2)c(C)c1CNC(=O)c1cccc(S(=O)(=O)N2CCN(C)CC2)c1. The van der Waals surface area contributed by atoms with Crippen LogP contribution in [0.2, 0.25) is 0 Å². The number of hydrogen-bond donors (Lipinski definition) is 1. The lowest BCUT2D eigenvalue weighted by molar-refractivity contribution is 0.0950. The fraction of sp³-hybridized carbons (Fsp3) is 0.333. The molecule has 33 heavy (non-hydrogen) atoms. The third-order valence-corrected chi connectivity index (χ3v) is 7.96. The molecule has 1 aliphatic rings. The van der Waals surface area contributed by atoms with Crippen LogP contribution in [0.3, 0.4) is 0 Å². The highest BCUT2D eigenvalue weighted by Crippen LogP contribution is 2.20. The molecule has 3 aromatic rings. The number of rotatable bonds is 6. The number of carbonyl (C=O) groups excluding carboxylic acids is 1. The maximum Gasteiger partial charge on any atom is 0.251 e. The molecular formula is C24H29N5O3S. The van der Waals surface area contributed by atoms with E-state index in [4.69, 9.17) is 0 Å². The van der Waals surface area contributed by atoms with E-state index in [1.807, 2.05) is 55.9 Å². The summed E-state index contributed by atoms with van der Waals surface area (Å²) < 4.78 is 29.4. The van der Waals surface area contributed by atoms with Gasteiger partial charge in [0.05, 0.1) is 16.3 Å². The first-order valence-corrected chi connectivity index (χ1v) is 12.4. The minimum atomic E-state index is -3.64. The fourth-order valence-electron chi connectivity index (χ4n) is 4.00. The molecule has 0 radical (unpaired) electrons. The third kappa shape index (κ3) is 4.85. The molecule has 2 aromatic carbocycles. The van der Waals surface area contributed by atoms with Crippen LogP contribution in [0.25, 0.3) is 5.69 Å². The van der Waals surface area contributed by atoms with Gasteiger partial charge >= 0.3 is 0 Å². The second-order valence-corrected chi connectivity index (χ2v) is 10.3. The number of aryl methyl sites for hydroxylation is 1. The van der Waals surface area contributed by atoms with Crippen LogP contribution in [0, 0.1) is 13.8 Å². The van der Waals surface area contributed by atoms with Crippen LogP contribution in [0.1, 0.15) is 27.3 Å². The van der Waals surface area contributed by atoms with Crippen LogP contribution in [-0.4, -0.2) is 66.5 Å². The highest BCUT2D eigenvalue weighted by atomic mass is 32.2. The largest absolute Gasteiger partial charge is 0.348 e. The van der Waals surface area contributed by atoms with Crippen LogP contribution in [0.5, 0.6) is 0 Å². The number of aromatic nitrogens is 2.